The smallest absolute Gasteiger partial charge is 0.269 e. The minimum absolute atomic E-state index is 0.146. The first kappa shape index (κ1) is 16.6. The van der Waals surface area contributed by atoms with Crippen LogP contribution in [0.15, 0.2) is 77.9 Å². The van der Waals surface area contributed by atoms with Crippen molar-refractivity contribution in [3.05, 3.63) is 83.4 Å². The highest BCUT2D eigenvalue weighted by Crippen LogP contribution is 2.42. The second-order valence-corrected chi connectivity index (χ2v) is 7.51. The molecule has 0 unspecified atom stereocenters. The number of hydrogen-bond acceptors (Lipinski definition) is 4. The normalized spacial score (nSPS) is 11.2. The van der Waals surface area contributed by atoms with Gasteiger partial charge in [0.15, 0.2) is 11.6 Å². The lowest BCUT2D eigenvalue weighted by Gasteiger charge is -2.06. The highest BCUT2D eigenvalue weighted by atomic mass is 32.1. The molecular weight excluding hydrogens is 368 g/mol. The molecule has 0 atom stereocenters. The Morgan fingerprint density at radius 2 is 1.64 bits per heavy atom. The van der Waals surface area contributed by atoms with E-state index in [2.05, 4.69) is 34.2 Å². The molecule has 28 heavy (non-hydrogen) atoms. The Labute approximate surface area is 165 Å². The number of thiophene rings is 1. The average Bonchev–Trinajstić information content (AvgIpc) is 3.33. The van der Waals surface area contributed by atoms with Crippen molar-refractivity contribution in [2.24, 2.45) is 7.05 Å². The predicted octanol–water partition coefficient (Wildman–Crippen LogP) is 4.72. The van der Waals surface area contributed by atoms with Crippen LogP contribution in [-0.2, 0) is 7.05 Å². The van der Waals surface area contributed by atoms with Crippen LogP contribution < -0.4 is 5.56 Å². The van der Waals surface area contributed by atoms with Crippen molar-refractivity contribution in [2.45, 2.75) is 0 Å². The van der Waals surface area contributed by atoms with Crippen LogP contribution in [0.2, 0.25) is 0 Å². The quantitative estimate of drug-likeness (QED) is 0.490. The molecule has 0 saturated carbocycles. The summed E-state index contributed by atoms with van der Waals surface area (Å²) in [6.07, 6.45) is 3.53. The summed E-state index contributed by atoms with van der Waals surface area (Å²) in [5, 5.41) is 0. The minimum atomic E-state index is -0.146. The number of imidazole rings is 1. The molecule has 1 N–H and O–H groups in total. The van der Waals surface area contributed by atoms with E-state index in [1.54, 1.807) is 6.20 Å². The number of H-pyrrole nitrogens is 1. The third-order valence-electron chi connectivity index (χ3n) is 4.68. The molecule has 0 aliphatic carbocycles. The lowest BCUT2D eigenvalue weighted by molar-refractivity contribution is 0.907. The van der Waals surface area contributed by atoms with E-state index in [0.29, 0.717) is 21.9 Å². The van der Waals surface area contributed by atoms with E-state index in [0.717, 1.165) is 21.6 Å². The van der Waals surface area contributed by atoms with Gasteiger partial charge in [-0.05, 0) is 11.1 Å². The zero-order valence-corrected chi connectivity index (χ0v) is 15.9. The van der Waals surface area contributed by atoms with E-state index >= 15 is 0 Å². The molecule has 6 heteroatoms. The number of nitrogens with zero attached hydrogens (tertiary/aromatic N) is 3. The van der Waals surface area contributed by atoms with Gasteiger partial charge < -0.3 is 9.55 Å². The van der Waals surface area contributed by atoms with E-state index in [-0.39, 0.29) is 5.56 Å². The molecule has 0 fully saturated rings. The topological polar surface area (TPSA) is 63.6 Å². The molecule has 5 rings (SSSR count). The summed E-state index contributed by atoms with van der Waals surface area (Å²) in [4.78, 5) is 26.0. The summed E-state index contributed by atoms with van der Waals surface area (Å²) >= 11 is 1.48. The Morgan fingerprint density at radius 1 is 0.964 bits per heavy atom. The first-order valence-corrected chi connectivity index (χ1v) is 9.69. The molecule has 0 spiro atoms. The summed E-state index contributed by atoms with van der Waals surface area (Å²) in [6, 6.07) is 20.2. The molecule has 3 aromatic heterocycles. The fraction of sp³-hybridized carbons (Fsp3) is 0.0455. The minimum Gasteiger partial charge on any atom is -0.331 e. The lowest BCUT2D eigenvalue weighted by atomic mass is 10.0. The molecule has 0 saturated heterocycles. The summed E-state index contributed by atoms with van der Waals surface area (Å²) in [6.45, 7) is 0. The van der Waals surface area contributed by atoms with Crippen molar-refractivity contribution in [2.75, 3.05) is 0 Å². The maximum Gasteiger partial charge on any atom is 0.269 e. The standard InChI is InChI=1S/C22H16N4OS/c1-26-13-12-23-21(26)20-24-17-16(14-8-4-2-5-9-14)18(15-10-6-3-7-11-15)28-19(17)22(27)25-20/h2-13H,1H3,(H,24,25,27). The van der Waals surface area contributed by atoms with Crippen molar-refractivity contribution < 1.29 is 0 Å². The number of rotatable bonds is 3. The van der Waals surface area contributed by atoms with E-state index in [9.17, 15) is 4.79 Å². The molecule has 0 amide bonds. The Hall–Kier alpha value is -3.51. The average molecular weight is 384 g/mol. The molecule has 3 heterocycles. The van der Waals surface area contributed by atoms with E-state index in [1.165, 1.54) is 11.3 Å². The van der Waals surface area contributed by atoms with Gasteiger partial charge >= 0.3 is 0 Å². The molecule has 0 bridgehead atoms. The van der Waals surface area contributed by atoms with Gasteiger partial charge in [-0.3, -0.25) is 4.79 Å². The van der Waals surface area contributed by atoms with Crippen LogP contribution in [0.25, 0.3) is 43.4 Å². The maximum absolute atomic E-state index is 12.9. The van der Waals surface area contributed by atoms with Crippen LogP contribution in [0, 0.1) is 0 Å². The number of nitrogens with one attached hydrogen (secondary N) is 1. The largest absolute Gasteiger partial charge is 0.331 e. The molecule has 5 aromatic rings. The van der Waals surface area contributed by atoms with Crippen LogP contribution in [0.1, 0.15) is 0 Å². The fourth-order valence-electron chi connectivity index (χ4n) is 3.35. The Balaban J connectivity index is 1.88. The number of hydrogen-bond donors (Lipinski definition) is 1. The van der Waals surface area contributed by atoms with Gasteiger partial charge in [0.1, 0.15) is 4.70 Å². The van der Waals surface area contributed by atoms with Crippen molar-refractivity contribution in [3.8, 4) is 33.2 Å². The number of aromatic amines is 1. The number of aromatic nitrogens is 4. The van der Waals surface area contributed by atoms with Gasteiger partial charge in [0.25, 0.3) is 5.56 Å². The molecule has 0 radical (unpaired) electrons. The molecular formula is C22H16N4OS. The second-order valence-electron chi connectivity index (χ2n) is 6.49. The Morgan fingerprint density at radius 3 is 2.29 bits per heavy atom. The summed E-state index contributed by atoms with van der Waals surface area (Å²) < 4.78 is 2.47. The van der Waals surface area contributed by atoms with Crippen molar-refractivity contribution in [3.63, 3.8) is 0 Å². The third-order valence-corrected chi connectivity index (χ3v) is 5.90. The molecule has 0 aliphatic heterocycles. The zero-order valence-electron chi connectivity index (χ0n) is 15.1. The summed E-state index contributed by atoms with van der Waals surface area (Å²) in [5.41, 5.74) is 3.65. The Kier molecular flexibility index (Phi) is 3.91. The predicted molar refractivity (Wildman–Crippen MR) is 113 cm³/mol. The second kappa shape index (κ2) is 6.58. The van der Waals surface area contributed by atoms with Crippen LogP contribution in [0.5, 0.6) is 0 Å². The van der Waals surface area contributed by atoms with Gasteiger partial charge in [-0.25, -0.2) is 9.97 Å². The zero-order chi connectivity index (χ0) is 19.1. The van der Waals surface area contributed by atoms with Gasteiger partial charge in [0.2, 0.25) is 0 Å². The van der Waals surface area contributed by atoms with E-state index in [4.69, 9.17) is 4.98 Å². The van der Waals surface area contributed by atoms with Gasteiger partial charge in [-0.2, -0.15) is 0 Å². The first-order chi connectivity index (χ1) is 13.7. The van der Waals surface area contributed by atoms with Gasteiger partial charge in [0, 0.05) is 29.9 Å². The number of aryl methyl sites for hydroxylation is 1. The van der Waals surface area contributed by atoms with Gasteiger partial charge in [-0.1, -0.05) is 60.7 Å². The Bertz CT molecular complexity index is 1330. The summed E-state index contributed by atoms with van der Waals surface area (Å²) in [5.74, 6) is 1.10. The first-order valence-electron chi connectivity index (χ1n) is 8.88. The number of benzene rings is 2. The maximum atomic E-state index is 12.9. The fourth-order valence-corrected chi connectivity index (χ4v) is 4.51. The monoisotopic (exact) mass is 384 g/mol. The highest BCUT2D eigenvalue weighted by molar-refractivity contribution is 7.22. The van der Waals surface area contributed by atoms with Crippen LogP contribution >= 0.6 is 11.3 Å². The van der Waals surface area contributed by atoms with Gasteiger partial charge in [0.05, 0.1) is 5.52 Å². The third kappa shape index (κ3) is 2.66. The van der Waals surface area contributed by atoms with Gasteiger partial charge in [-0.15, -0.1) is 11.3 Å². The molecule has 5 nitrogen and oxygen atoms in total. The highest BCUT2D eigenvalue weighted by Gasteiger charge is 2.20. The lowest BCUT2D eigenvalue weighted by Crippen LogP contribution is -2.09. The van der Waals surface area contributed by atoms with E-state index < -0.39 is 0 Å². The van der Waals surface area contributed by atoms with Crippen LogP contribution in [-0.4, -0.2) is 19.5 Å². The molecule has 2 aromatic carbocycles. The SMILES string of the molecule is Cn1ccnc1-c1nc2c(-c3ccccc3)c(-c3ccccc3)sc2c(=O)[nH]1. The van der Waals surface area contributed by atoms with Crippen LogP contribution in [0.3, 0.4) is 0 Å². The van der Waals surface area contributed by atoms with Crippen LogP contribution in [0.4, 0.5) is 0 Å². The van der Waals surface area contributed by atoms with E-state index in [1.807, 2.05) is 54.2 Å². The summed E-state index contributed by atoms with van der Waals surface area (Å²) in [7, 11) is 1.88. The van der Waals surface area contributed by atoms with Crippen molar-refractivity contribution >= 4 is 21.6 Å². The van der Waals surface area contributed by atoms with Crippen molar-refractivity contribution in [1.29, 1.82) is 0 Å². The number of fused-ring (bicyclic) bond motifs is 1. The molecule has 0 aliphatic rings. The van der Waals surface area contributed by atoms with Crippen molar-refractivity contribution in [1.82, 2.24) is 19.5 Å². The molecule has 136 valence electrons.